The van der Waals surface area contributed by atoms with Crippen LogP contribution >= 0.6 is 0 Å². The van der Waals surface area contributed by atoms with Gasteiger partial charge < -0.3 is 14.2 Å². The highest BCUT2D eigenvalue weighted by molar-refractivity contribution is 5.75. The number of hydrogen-bond donors (Lipinski definition) is 0. The van der Waals surface area contributed by atoms with Gasteiger partial charge in [0.05, 0.1) is 32.4 Å². The molecule has 2 heterocycles. The molecule has 5 heteroatoms. The molecule has 5 nitrogen and oxygen atoms in total. The molecule has 146 valence electrons. The second kappa shape index (κ2) is 8.07. The van der Waals surface area contributed by atoms with E-state index in [1.54, 1.807) is 7.11 Å². The molecule has 1 saturated heterocycles. The van der Waals surface area contributed by atoms with Gasteiger partial charge in [0.15, 0.2) is 0 Å². The Morgan fingerprint density at radius 1 is 1.18 bits per heavy atom. The number of nitrogens with zero attached hydrogens (tertiary/aromatic N) is 1. The number of methoxy groups -OCH3 is 1. The second-order valence-corrected chi connectivity index (χ2v) is 7.28. The van der Waals surface area contributed by atoms with Gasteiger partial charge in [0.1, 0.15) is 12.4 Å². The fourth-order valence-electron chi connectivity index (χ4n) is 4.00. The predicted molar refractivity (Wildman–Crippen MR) is 107 cm³/mol. The molecule has 0 aromatic heterocycles. The fraction of sp³-hybridized carbons (Fsp3) is 0.348. The van der Waals surface area contributed by atoms with Crippen LogP contribution in [0.5, 0.6) is 5.75 Å². The zero-order chi connectivity index (χ0) is 19.5. The molecular weight excluding hydrogens is 354 g/mol. The maximum atomic E-state index is 12.8. The van der Waals surface area contributed by atoms with Crippen LogP contribution in [-0.4, -0.2) is 43.4 Å². The first-order valence-electron chi connectivity index (χ1n) is 9.58. The Balaban J connectivity index is 1.52. The first-order chi connectivity index (χ1) is 13.7. The zero-order valence-electron chi connectivity index (χ0n) is 16.3. The lowest BCUT2D eigenvalue weighted by atomic mass is 9.88. The lowest BCUT2D eigenvalue weighted by Gasteiger charge is -2.44. The average Bonchev–Trinajstić information content (AvgIpc) is 2.71. The van der Waals surface area contributed by atoms with Crippen LogP contribution in [0.4, 0.5) is 4.79 Å². The maximum Gasteiger partial charge on any atom is 0.411 e. The van der Waals surface area contributed by atoms with Gasteiger partial charge in [-0.15, -0.1) is 0 Å². The summed E-state index contributed by atoms with van der Waals surface area (Å²) in [6, 6.07) is 15.8. The number of amides is 1. The monoisotopic (exact) mass is 379 g/mol. The molecule has 0 N–H and O–H groups in total. The van der Waals surface area contributed by atoms with E-state index in [-0.39, 0.29) is 24.8 Å². The Morgan fingerprint density at radius 2 is 2.00 bits per heavy atom. The molecule has 2 aliphatic heterocycles. The van der Waals surface area contributed by atoms with E-state index in [0.29, 0.717) is 13.2 Å². The summed E-state index contributed by atoms with van der Waals surface area (Å²) in [5, 5.41) is 0. The summed E-state index contributed by atoms with van der Waals surface area (Å²) in [4.78, 5) is 14.6. The van der Waals surface area contributed by atoms with Crippen LogP contribution in [-0.2, 0) is 16.1 Å². The molecule has 1 amide bonds. The summed E-state index contributed by atoms with van der Waals surface area (Å²) in [6.45, 7) is 3.40. The van der Waals surface area contributed by atoms with Gasteiger partial charge in [0.25, 0.3) is 0 Å². The Bertz CT molecular complexity index is 877. The third-order valence-corrected chi connectivity index (χ3v) is 5.39. The minimum absolute atomic E-state index is 0.0106. The third kappa shape index (κ3) is 3.76. The van der Waals surface area contributed by atoms with Crippen molar-refractivity contribution >= 4 is 11.7 Å². The van der Waals surface area contributed by atoms with E-state index in [1.807, 2.05) is 47.4 Å². The fourth-order valence-corrected chi connectivity index (χ4v) is 4.00. The number of benzene rings is 2. The van der Waals surface area contributed by atoms with Crippen molar-refractivity contribution in [3.63, 3.8) is 0 Å². The van der Waals surface area contributed by atoms with Gasteiger partial charge >= 0.3 is 6.09 Å². The van der Waals surface area contributed by atoms with Crippen LogP contribution < -0.4 is 4.74 Å². The number of ether oxygens (including phenoxy) is 3. The number of fused-ring (bicyclic) bond motifs is 2. The SMILES string of the molecule is COc1ccc(C2=CC3COCC(C2)N3C(=O)OCc2ccccc2)c(C)c1. The molecule has 2 atom stereocenters. The van der Waals surface area contributed by atoms with Gasteiger partial charge in [-0.2, -0.15) is 0 Å². The van der Waals surface area contributed by atoms with Crippen LogP contribution in [0.2, 0.25) is 0 Å². The minimum atomic E-state index is -0.274. The van der Waals surface area contributed by atoms with Gasteiger partial charge in [0.2, 0.25) is 0 Å². The highest BCUT2D eigenvalue weighted by atomic mass is 16.6. The van der Waals surface area contributed by atoms with Crippen LogP contribution in [0.3, 0.4) is 0 Å². The van der Waals surface area contributed by atoms with E-state index < -0.39 is 0 Å². The standard InChI is InChI=1S/C23H25NO4/c1-16-10-21(26-2)8-9-22(16)18-11-19-14-27-15-20(12-18)24(19)23(25)28-13-17-6-4-3-5-7-17/h3-11,19-20H,12-15H2,1-2H3. The number of carbonyl (C=O) groups excluding carboxylic acids is 1. The highest BCUT2D eigenvalue weighted by Crippen LogP contribution is 2.35. The van der Waals surface area contributed by atoms with Gasteiger partial charge in [-0.3, -0.25) is 4.90 Å². The van der Waals surface area contributed by atoms with Crippen LogP contribution in [0.25, 0.3) is 5.57 Å². The number of aryl methyl sites for hydroxylation is 1. The zero-order valence-corrected chi connectivity index (χ0v) is 16.3. The van der Waals surface area contributed by atoms with E-state index in [1.165, 1.54) is 16.7 Å². The molecule has 1 fully saturated rings. The molecule has 0 aliphatic carbocycles. The van der Waals surface area contributed by atoms with E-state index in [0.717, 1.165) is 17.7 Å². The second-order valence-electron chi connectivity index (χ2n) is 7.28. The molecule has 2 bridgehead atoms. The molecular formula is C23H25NO4. The summed E-state index contributed by atoms with van der Waals surface area (Å²) in [5.74, 6) is 0.854. The maximum absolute atomic E-state index is 12.8. The van der Waals surface area contributed by atoms with Gasteiger partial charge in [-0.05, 0) is 47.7 Å². The van der Waals surface area contributed by atoms with Crippen LogP contribution in [0, 0.1) is 6.92 Å². The first-order valence-corrected chi connectivity index (χ1v) is 9.58. The Kier molecular flexibility index (Phi) is 5.35. The third-order valence-electron chi connectivity index (χ3n) is 5.39. The molecule has 2 aromatic carbocycles. The Morgan fingerprint density at radius 3 is 2.71 bits per heavy atom. The van der Waals surface area contributed by atoms with Crippen molar-refractivity contribution in [2.24, 2.45) is 0 Å². The normalized spacial score (nSPS) is 21.1. The summed E-state index contributed by atoms with van der Waals surface area (Å²) >= 11 is 0. The molecule has 2 unspecified atom stereocenters. The van der Waals surface area contributed by atoms with Gasteiger partial charge in [-0.1, -0.05) is 42.5 Å². The van der Waals surface area contributed by atoms with Crippen molar-refractivity contribution in [2.45, 2.75) is 32.0 Å². The molecule has 0 saturated carbocycles. The lowest BCUT2D eigenvalue weighted by Crippen LogP contribution is -2.56. The van der Waals surface area contributed by atoms with E-state index in [2.05, 4.69) is 19.1 Å². The lowest BCUT2D eigenvalue weighted by molar-refractivity contribution is -0.0342. The van der Waals surface area contributed by atoms with Gasteiger partial charge in [-0.25, -0.2) is 4.79 Å². The summed E-state index contributed by atoms with van der Waals surface area (Å²) in [5.41, 5.74) is 4.62. The summed E-state index contributed by atoms with van der Waals surface area (Å²) < 4.78 is 16.6. The van der Waals surface area contributed by atoms with Crippen molar-refractivity contribution in [1.29, 1.82) is 0 Å². The highest BCUT2D eigenvalue weighted by Gasteiger charge is 2.39. The number of rotatable bonds is 4. The van der Waals surface area contributed by atoms with Gasteiger partial charge in [0, 0.05) is 0 Å². The Hall–Kier alpha value is -2.79. The molecule has 0 radical (unpaired) electrons. The average molecular weight is 379 g/mol. The predicted octanol–water partition coefficient (Wildman–Crippen LogP) is 4.20. The topological polar surface area (TPSA) is 48.0 Å². The largest absolute Gasteiger partial charge is 0.497 e. The van der Waals surface area contributed by atoms with E-state index in [9.17, 15) is 4.79 Å². The molecule has 28 heavy (non-hydrogen) atoms. The molecule has 2 aromatic rings. The van der Waals surface area contributed by atoms with Crippen molar-refractivity contribution in [3.05, 3.63) is 71.3 Å². The van der Waals surface area contributed by atoms with E-state index in [4.69, 9.17) is 14.2 Å². The number of hydrogen-bond acceptors (Lipinski definition) is 4. The smallest absolute Gasteiger partial charge is 0.411 e. The Labute approximate surface area is 165 Å². The quantitative estimate of drug-likeness (QED) is 0.799. The van der Waals surface area contributed by atoms with Crippen molar-refractivity contribution < 1.29 is 19.0 Å². The summed E-state index contributed by atoms with van der Waals surface area (Å²) in [6.07, 6.45) is 2.63. The van der Waals surface area contributed by atoms with Crippen LogP contribution in [0.15, 0.2) is 54.6 Å². The molecule has 2 aliphatic rings. The summed E-state index contributed by atoms with van der Waals surface area (Å²) in [7, 11) is 1.68. The molecule has 0 spiro atoms. The van der Waals surface area contributed by atoms with Crippen molar-refractivity contribution in [2.75, 3.05) is 20.3 Å². The van der Waals surface area contributed by atoms with Crippen molar-refractivity contribution in [3.8, 4) is 5.75 Å². The molecule has 4 rings (SSSR count). The van der Waals surface area contributed by atoms with Crippen molar-refractivity contribution in [1.82, 2.24) is 4.90 Å². The van der Waals surface area contributed by atoms with E-state index >= 15 is 0 Å². The first kappa shape index (κ1) is 18.6. The number of morpholine rings is 1. The van der Waals surface area contributed by atoms with Crippen LogP contribution in [0.1, 0.15) is 23.1 Å². The minimum Gasteiger partial charge on any atom is -0.497 e. The number of carbonyl (C=O) groups is 1.